The number of carboxylic acids is 1. The summed E-state index contributed by atoms with van der Waals surface area (Å²) in [6.07, 6.45) is 4.66. The fourth-order valence-electron chi connectivity index (χ4n) is 3.19. The molecule has 1 heterocycles. The third kappa shape index (κ3) is 4.74. The van der Waals surface area contributed by atoms with Crippen LogP contribution in [-0.2, 0) is 4.79 Å². The number of hydrogen-bond donors (Lipinski definition) is 1. The quantitative estimate of drug-likeness (QED) is 0.828. The lowest BCUT2D eigenvalue weighted by Crippen LogP contribution is -2.37. The Labute approximate surface area is 148 Å². The molecule has 0 bridgehead atoms. The van der Waals surface area contributed by atoms with Crippen molar-refractivity contribution in [1.82, 2.24) is 9.80 Å². The third-order valence-electron chi connectivity index (χ3n) is 4.67. The van der Waals surface area contributed by atoms with Crippen molar-refractivity contribution >= 4 is 23.6 Å². The Morgan fingerprint density at radius 2 is 2.08 bits per heavy atom. The van der Waals surface area contributed by atoms with Gasteiger partial charge in [0.1, 0.15) is 0 Å². The number of benzene rings is 1. The summed E-state index contributed by atoms with van der Waals surface area (Å²) in [7, 11) is 1.85. The summed E-state index contributed by atoms with van der Waals surface area (Å²) in [6, 6.07) is 6.23. The van der Waals surface area contributed by atoms with Crippen LogP contribution in [0.25, 0.3) is 0 Å². The largest absolute Gasteiger partial charge is 0.480 e. The molecular formula is C18H26N2O3S. The molecule has 1 amide bonds. The molecule has 1 unspecified atom stereocenters. The number of rotatable bonds is 5. The minimum Gasteiger partial charge on any atom is -0.480 e. The van der Waals surface area contributed by atoms with E-state index in [0.717, 1.165) is 41.8 Å². The zero-order chi connectivity index (χ0) is 17.7. The lowest BCUT2D eigenvalue weighted by atomic mass is 10.1. The molecule has 6 heteroatoms. The maximum Gasteiger partial charge on any atom is 0.317 e. The SMILES string of the molecule is CSc1ccc(C)c(C(=O)N2CCCC(N(C)CC(=O)O)CC2)c1. The summed E-state index contributed by atoms with van der Waals surface area (Å²) in [5, 5.41) is 8.95. The summed E-state index contributed by atoms with van der Waals surface area (Å²) >= 11 is 1.64. The molecular weight excluding hydrogens is 324 g/mol. The van der Waals surface area contributed by atoms with Crippen LogP contribution in [0, 0.1) is 6.92 Å². The van der Waals surface area contributed by atoms with Crippen LogP contribution < -0.4 is 0 Å². The van der Waals surface area contributed by atoms with Crippen molar-refractivity contribution in [1.29, 1.82) is 0 Å². The second-order valence-electron chi connectivity index (χ2n) is 6.37. The molecule has 1 atom stereocenters. The van der Waals surface area contributed by atoms with E-state index in [1.165, 1.54) is 0 Å². The van der Waals surface area contributed by atoms with Crippen LogP contribution in [0.15, 0.2) is 23.1 Å². The summed E-state index contributed by atoms with van der Waals surface area (Å²) in [4.78, 5) is 28.7. The highest BCUT2D eigenvalue weighted by Gasteiger charge is 2.25. The maximum atomic E-state index is 12.9. The molecule has 2 rings (SSSR count). The number of carboxylic acid groups (broad SMARTS) is 1. The zero-order valence-electron chi connectivity index (χ0n) is 14.6. The number of carbonyl (C=O) groups is 2. The van der Waals surface area contributed by atoms with Crippen LogP contribution >= 0.6 is 11.8 Å². The van der Waals surface area contributed by atoms with E-state index in [-0.39, 0.29) is 18.5 Å². The first-order valence-corrected chi connectivity index (χ1v) is 9.50. The van der Waals surface area contributed by atoms with Gasteiger partial charge in [0.05, 0.1) is 6.54 Å². The Kier molecular flexibility index (Phi) is 6.69. The van der Waals surface area contributed by atoms with E-state index >= 15 is 0 Å². The van der Waals surface area contributed by atoms with Crippen molar-refractivity contribution in [2.75, 3.05) is 32.9 Å². The van der Waals surface area contributed by atoms with Crippen LogP contribution in [0.3, 0.4) is 0 Å². The number of likely N-dealkylation sites (tertiary alicyclic amines) is 1. The Morgan fingerprint density at radius 1 is 1.33 bits per heavy atom. The van der Waals surface area contributed by atoms with Crippen molar-refractivity contribution in [3.8, 4) is 0 Å². The number of amides is 1. The average Bonchev–Trinajstić information content (AvgIpc) is 2.80. The van der Waals surface area contributed by atoms with Gasteiger partial charge in [0.25, 0.3) is 5.91 Å². The molecule has 5 nitrogen and oxygen atoms in total. The van der Waals surface area contributed by atoms with Gasteiger partial charge in [-0.2, -0.15) is 0 Å². The first-order valence-electron chi connectivity index (χ1n) is 8.28. The predicted molar refractivity (Wildman–Crippen MR) is 96.8 cm³/mol. The minimum absolute atomic E-state index is 0.0491. The molecule has 24 heavy (non-hydrogen) atoms. The maximum absolute atomic E-state index is 12.9. The van der Waals surface area contributed by atoms with E-state index in [9.17, 15) is 9.59 Å². The molecule has 0 radical (unpaired) electrons. The summed E-state index contributed by atoms with van der Waals surface area (Å²) < 4.78 is 0. The summed E-state index contributed by atoms with van der Waals surface area (Å²) in [6.45, 7) is 3.43. The van der Waals surface area contributed by atoms with Gasteiger partial charge >= 0.3 is 5.97 Å². The topological polar surface area (TPSA) is 60.9 Å². The highest BCUT2D eigenvalue weighted by molar-refractivity contribution is 7.98. The van der Waals surface area contributed by atoms with Crippen molar-refractivity contribution in [3.63, 3.8) is 0 Å². The predicted octanol–water partition coefficient (Wildman–Crippen LogP) is 2.73. The van der Waals surface area contributed by atoms with Crippen LogP contribution in [0.4, 0.5) is 0 Å². The number of aryl methyl sites for hydroxylation is 1. The molecule has 1 aromatic rings. The smallest absolute Gasteiger partial charge is 0.317 e. The first-order chi connectivity index (χ1) is 11.4. The van der Waals surface area contributed by atoms with Gasteiger partial charge in [-0.3, -0.25) is 14.5 Å². The van der Waals surface area contributed by atoms with Crippen molar-refractivity contribution < 1.29 is 14.7 Å². The van der Waals surface area contributed by atoms with Gasteiger partial charge in [-0.25, -0.2) is 0 Å². The van der Waals surface area contributed by atoms with Gasteiger partial charge in [-0.15, -0.1) is 11.8 Å². The number of carbonyl (C=O) groups excluding carboxylic acids is 1. The number of thioether (sulfide) groups is 1. The van der Waals surface area contributed by atoms with Crippen LogP contribution in [0.5, 0.6) is 0 Å². The molecule has 0 spiro atoms. The molecule has 0 aliphatic carbocycles. The van der Waals surface area contributed by atoms with Gasteiger partial charge in [0.2, 0.25) is 0 Å². The highest BCUT2D eigenvalue weighted by Crippen LogP contribution is 2.22. The first kappa shape index (κ1) is 18.8. The summed E-state index contributed by atoms with van der Waals surface area (Å²) in [5.74, 6) is -0.718. The van der Waals surface area contributed by atoms with E-state index in [4.69, 9.17) is 5.11 Å². The van der Waals surface area contributed by atoms with E-state index in [0.29, 0.717) is 6.54 Å². The van der Waals surface area contributed by atoms with Gasteiger partial charge < -0.3 is 10.0 Å². The zero-order valence-corrected chi connectivity index (χ0v) is 15.4. The van der Waals surface area contributed by atoms with Gasteiger partial charge in [0, 0.05) is 29.6 Å². The Bertz CT molecular complexity index is 606. The van der Waals surface area contributed by atoms with Gasteiger partial charge in [0.15, 0.2) is 0 Å². The second-order valence-corrected chi connectivity index (χ2v) is 7.25. The van der Waals surface area contributed by atoms with E-state index in [2.05, 4.69) is 0 Å². The lowest BCUT2D eigenvalue weighted by Gasteiger charge is -2.26. The third-order valence-corrected chi connectivity index (χ3v) is 5.39. The minimum atomic E-state index is -0.806. The fourth-order valence-corrected chi connectivity index (χ4v) is 3.63. The molecule has 1 saturated heterocycles. The normalized spacial score (nSPS) is 18.5. The molecule has 1 aromatic carbocycles. The van der Waals surface area contributed by atoms with Crippen molar-refractivity contribution in [2.45, 2.75) is 37.1 Å². The van der Waals surface area contributed by atoms with Crippen molar-refractivity contribution in [3.05, 3.63) is 29.3 Å². The molecule has 0 saturated carbocycles. The molecule has 1 aliphatic rings. The van der Waals surface area contributed by atoms with Gasteiger partial charge in [-0.05, 0) is 57.2 Å². The average molecular weight is 350 g/mol. The van der Waals surface area contributed by atoms with Crippen LogP contribution in [-0.4, -0.2) is 65.8 Å². The summed E-state index contributed by atoms with van der Waals surface area (Å²) in [5.41, 5.74) is 1.78. The lowest BCUT2D eigenvalue weighted by molar-refractivity contribution is -0.138. The Balaban J connectivity index is 2.05. The van der Waals surface area contributed by atoms with Crippen LogP contribution in [0.1, 0.15) is 35.2 Å². The van der Waals surface area contributed by atoms with Crippen LogP contribution in [0.2, 0.25) is 0 Å². The Hall–Kier alpha value is -1.53. The highest BCUT2D eigenvalue weighted by atomic mass is 32.2. The fraction of sp³-hybridized carbons (Fsp3) is 0.556. The van der Waals surface area contributed by atoms with E-state index in [1.54, 1.807) is 11.8 Å². The van der Waals surface area contributed by atoms with E-state index in [1.807, 2.05) is 48.2 Å². The number of hydrogen-bond acceptors (Lipinski definition) is 4. The van der Waals surface area contributed by atoms with E-state index < -0.39 is 5.97 Å². The molecule has 132 valence electrons. The number of likely N-dealkylation sites (N-methyl/N-ethyl adjacent to an activating group) is 1. The molecule has 1 aliphatic heterocycles. The molecule has 1 fully saturated rings. The molecule has 1 N–H and O–H groups in total. The molecule has 0 aromatic heterocycles. The van der Waals surface area contributed by atoms with Gasteiger partial charge in [-0.1, -0.05) is 6.07 Å². The monoisotopic (exact) mass is 350 g/mol. The second kappa shape index (κ2) is 8.53. The standard InChI is InChI=1S/C18H26N2O3S/c1-13-6-7-15(24-3)11-16(13)18(23)20-9-4-5-14(8-10-20)19(2)12-17(21)22/h6-7,11,14H,4-5,8-10,12H2,1-3H3,(H,21,22). The number of nitrogens with zero attached hydrogens (tertiary/aromatic N) is 2. The Morgan fingerprint density at radius 3 is 2.75 bits per heavy atom. The number of aliphatic carboxylic acids is 1. The van der Waals surface area contributed by atoms with Crippen molar-refractivity contribution in [2.24, 2.45) is 0 Å².